The molecule has 2 fully saturated rings. The van der Waals surface area contributed by atoms with Gasteiger partial charge < -0.3 is 14.5 Å². The van der Waals surface area contributed by atoms with Crippen molar-refractivity contribution in [3.8, 4) is 0 Å². The molecule has 1 unspecified atom stereocenters. The summed E-state index contributed by atoms with van der Waals surface area (Å²) in [6.45, 7) is 3.41. The number of aryl methyl sites for hydroxylation is 1. The number of hydrogen-bond donors (Lipinski definition) is 0. The largest absolute Gasteiger partial charge is 0.371 e. The number of nitrogens with zero attached hydrogens (tertiary/aromatic N) is 2. The lowest BCUT2D eigenvalue weighted by Gasteiger charge is -2.53. The molecule has 2 saturated heterocycles. The summed E-state index contributed by atoms with van der Waals surface area (Å²) in [6, 6.07) is 7.74. The Kier molecular flexibility index (Phi) is 5.48. The second-order valence-corrected chi connectivity index (χ2v) is 7.91. The van der Waals surface area contributed by atoms with Crippen LogP contribution in [0.25, 0.3) is 0 Å². The Bertz CT molecular complexity index is 574. The summed E-state index contributed by atoms with van der Waals surface area (Å²) in [4.78, 5) is 16.5. The van der Waals surface area contributed by atoms with E-state index in [1.165, 1.54) is 6.42 Å². The molecule has 3 rings (SSSR count). The number of amides is 1. The molecule has 5 heteroatoms. The van der Waals surface area contributed by atoms with Gasteiger partial charge in [0.15, 0.2) is 0 Å². The summed E-state index contributed by atoms with van der Waals surface area (Å²) in [5.41, 5.74) is 0.978. The van der Waals surface area contributed by atoms with E-state index < -0.39 is 0 Å². The van der Waals surface area contributed by atoms with E-state index in [0.29, 0.717) is 18.8 Å². The smallest absolute Gasteiger partial charge is 0.223 e. The van der Waals surface area contributed by atoms with E-state index in [2.05, 4.69) is 19.0 Å². The van der Waals surface area contributed by atoms with Crippen molar-refractivity contribution in [3.05, 3.63) is 34.9 Å². The Labute approximate surface area is 149 Å². The first-order valence-corrected chi connectivity index (χ1v) is 9.15. The van der Waals surface area contributed by atoms with Crippen LogP contribution in [0.4, 0.5) is 0 Å². The van der Waals surface area contributed by atoms with Crippen molar-refractivity contribution in [2.75, 3.05) is 40.3 Å². The second-order valence-electron chi connectivity index (χ2n) is 7.50. The topological polar surface area (TPSA) is 32.8 Å². The highest BCUT2D eigenvalue weighted by atomic mass is 35.5. The molecule has 1 spiro atoms. The van der Waals surface area contributed by atoms with Crippen molar-refractivity contribution in [2.45, 2.75) is 31.3 Å². The minimum atomic E-state index is -0.0666. The highest BCUT2D eigenvalue weighted by molar-refractivity contribution is 6.31. The maximum atomic E-state index is 12.4. The molecule has 132 valence electrons. The zero-order chi connectivity index (χ0) is 17.2. The normalized spacial score (nSPS) is 22.7. The summed E-state index contributed by atoms with van der Waals surface area (Å²) >= 11 is 6.15. The number of hydrogen-bond acceptors (Lipinski definition) is 3. The van der Waals surface area contributed by atoms with Crippen molar-refractivity contribution >= 4 is 17.5 Å². The van der Waals surface area contributed by atoms with E-state index in [1.807, 2.05) is 29.2 Å². The molecule has 0 aromatic heterocycles. The lowest BCUT2D eigenvalue weighted by Crippen LogP contribution is -2.66. The lowest BCUT2D eigenvalue weighted by molar-refractivity contribution is -0.189. The predicted octanol–water partition coefficient (Wildman–Crippen LogP) is 2.84. The summed E-state index contributed by atoms with van der Waals surface area (Å²) < 4.78 is 6.14. The molecular weight excluding hydrogens is 324 g/mol. The molecule has 0 bridgehead atoms. The van der Waals surface area contributed by atoms with Crippen LogP contribution < -0.4 is 0 Å². The summed E-state index contributed by atoms with van der Waals surface area (Å²) in [7, 11) is 4.21. The minimum absolute atomic E-state index is 0.0666. The molecule has 2 aliphatic rings. The van der Waals surface area contributed by atoms with E-state index in [-0.39, 0.29) is 11.5 Å². The fraction of sp³-hybridized carbons (Fsp3) is 0.632. The summed E-state index contributed by atoms with van der Waals surface area (Å²) in [5, 5.41) is 0.743. The van der Waals surface area contributed by atoms with Gasteiger partial charge >= 0.3 is 0 Å². The average Bonchev–Trinajstić information content (AvgIpc) is 2.52. The third-order valence-electron chi connectivity index (χ3n) is 5.13. The molecule has 0 saturated carbocycles. The van der Waals surface area contributed by atoms with Crippen LogP contribution in [0.2, 0.25) is 5.02 Å². The van der Waals surface area contributed by atoms with Crippen LogP contribution >= 0.6 is 11.6 Å². The number of carbonyl (C=O) groups is 1. The number of benzene rings is 1. The van der Waals surface area contributed by atoms with Crippen molar-refractivity contribution in [2.24, 2.45) is 5.92 Å². The van der Waals surface area contributed by atoms with Gasteiger partial charge in [-0.3, -0.25) is 4.79 Å². The molecule has 1 amide bonds. The van der Waals surface area contributed by atoms with Gasteiger partial charge in [-0.2, -0.15) is 0 Å². The molecule has 2 heterocycles. The van der Waals surface area contributed by atoms with Crippen molar-refractivity contribution in [3.63, 3.8) is 0 Å². The molecule has 24 heavy (non-hydrogen) atoms. The van der Waals surface area contributed by atoms with E-state index >= 15 is 0 Å². The van der Waals surface area contributed by atoms with Gasteiger partial charge in [-0.05, 0) is 50.9 Å². The standard InChI is InChI=1S/C19H27ClN2O2/c1-21(2)11-15-9-10-19(24-12-15)13-22(14-19)18(23)8-7-16-5-3-4-6-17(16)20/h3-6,15H,7-14H2,1-2H3. The second kappa shape index (κ2) is 7.42. The fourth-order valence-corrected chi connectivity index (χ4v) is 3.98. The first-order chi connectivity index (χ1) is 11.5. The van der Waals surface area contributed by atoms with E-state index in [9.17, 15) is 4.79 Å². The van der Waals surface area contributed by atoms with E-state index in [1.54, 1.807) is 0 Å². The zero-order valence-corrected chi connectivity index (χ0v) is 15.4. The molecular formula is C19H27ClN2O2. The number of halogens is 1. The maximum absolute atomic E-state index is 12.4. The van der Waals surface area contributed by atoms with Gasteiger partial charge in [-0.1, -0.05) is 29.8 Å². The first kappa shape index (κ1) is 17.7. The Morgan fingerprint density at radius 1 is 1.38 bits per heavy atom. The van der Waals surface area contributed by atoms with Gasteiger partial charge in [-0.25, -0.2) is 0 Å². The summed E-state index contributed by atoms with van der Waals surface area (Å²) in [5.74, 6) is 0.829. The van der Waals surface area contributed by atoms with Gasteiger partial charge in [0.05, 0.1) is 19.7 Å². The number of rotatable bonds is 5. The first-order valence-electron chi connectivity index (χ1n) is 8.77. The quantitative estimate of drug-likeness (QED) is 0.818. The molecule has 0 aliphatic carbocycles. The molecule has 1 atom stereocenters. The van der Waals surface area contributed by atoms with Crippen LogP contribution in [0.3, 0.4) is 0 Å². The predicted molar refractivity (Wildman–Crippen MR) is 96.3 cm³/mol. The summed E-state index contributed by atoms with van der Waals surface area (Å²) in [6.07, 6.45) is 3.48. The molecule has 0 N–H and O–H groups in total. The van der Waals surface area contributed by atoms with Crippen LogP contribution in [0.1, 0.15) is 24.8 Å². The third kappa shape index (κ3) is 4.11. The Hall–Kier alpha value is -1.10. The van der Waals surface area contributed by atoms with Crippen LogP contribution in [-0.2, 0) is 16.0 Å². The number of ether oxygens (including phenoxy) is 1. The van der Waals surface area contributed by atoms with Crippen molar-refractivity contribution < 1.29 is 9.53 Å². The minimum Gasteiger partial charge on any atom is -0.371 e. The van der Waals surface area contributed by atoms with E-state index in [0.717, 1.165) is 43.2 Å². The Balaban J connectivity index is 1.42. The molecule has 2 aliphatic heterocycles. The zero-order valence-electron chi connectivity index (χ0n) is 14.6. The monoisotopic (exact) mass is 350 g/mol. The molecule has 1 aromatic carbocycles. The average molecular weight is 351 g/mol. The van der Waals surface area contributed by atoms with Gasteiger partial charge in [0.2, 0.25) is 5.91 Å². The van der Waals surface area contributed by atoms with Crippen LogP contribution in [0, 0.1) is 5.92 Å². The van der Waals surface area contributed by atoms with Crippen molar-refractivity contribution in [1.29, 1.82) is 0 Å². The lowest BCUT2D eigenvalue weighted by atomic mass is 9.82. The molecule has 1 aromatic rings. The van der Waals surface area contributed by atoms with Gasteiger partial charge in [-0.15, -0.1) is 0 Å². The number of carbonyl (C=O) groups excluding carboxylic acids is 1. The van der Waals surface area contributed by atoms with Gasteiger partial charge in [0.25, 0.3) is 0 Å². The number of likely N-dealkylation sites (tertiary alicyclic amines) is 1. The van der Waals surface area contributed by atoms with E-state index in [4.69, 9.17) is 16.3 Å². The molecule has 4 nitrogen and oxygen atoms in total. The van der Waals surface area contributed by atoms with Gasteiger partial charge in [0.1, 0.15) is 5.60 Å². The highest BCUT2D eigenvalue weighted by Crippen LogP contribution is 2.36. The maximum Gasteiger partial charge on any atom is 0.223 e. The Morgan fingerprint density at radius 3 is 2.75 bits per heavy atom. The molecule has 0 radical (unpaired) electrons. The highest BCUT2D eigenvalue weighted by Gasteiger charge is 2.48. The van der Waals surface area contributed by atoms with Gasteiger partial charge in [0, 0.05) is 18.0 Å². The van der Waals surface area contributed by atoms with Crippen LogP contribution in [0.15, 0.2) is 24.3 Å². The third-order valence-corrected chi connectivity index (χ3v) is 5.50. The Morgan fingerprint density at radius 2 is 2.12 bits per heavy atom. The van der Waals surface area contributed by atoms with Crippen molar-refractivity contribution in [1.82, 2.24) is 9.80 Å². The van der Waals surface area contributed by atoms with Crippen LogP contribution in [-0.4, -0.2) is 61.6 Å². The fourth-order valence-electron chi connectivity index (χ4n) is 3.75. The van der Waals surface area contributed by atoms with Crippen LogP contribution in [0.5, 0.6) is 0 Å². The SMILES string of the molecule is CN(C)CC1CCC2(CN(C(=O)CCc3ccccc3Cl)C2)OC1.